The highest BCUT2D eigenvalue weighted by molar-refractivity contribution is 5.96. The standard InChI is InChI=1S/C16H22N2O/c1-13(2)8-4-3-7-11-18-16(19)15-10-6-5-9-14(15)12-17-18/h4-6,8-10,13,17H,3,7,11-12H2,1-2H3/b8-4+. The predicted molar refractivity (Wildman–Crippen MR) is 77.5 cm³/mol. The lowest BCUT2D eigenvalue weighted by Gasteiger charge is -2.29. The van der Waals surface area contributed by atoms with E-state index in [4.69, 9.17) is 0 Å². The van der Waals surface area contributed by atoms with Gasteiger partial charge in [-0.25, -0.2) is 5.43 Å². The van der Waals surface area contributed by atoms with Crippen LogP contribution in [-0.2, 0) is 6.54 Å². The van der Waals surface area contributed by atoms with Gasteiger partial charge < -0.3 is 0 Å². The highest BCUT2D eigenvalue weighted by Gasteiger charge is 2.22. The number of rotatable bonds is 5. The third kappa shape index (κ3) is 3.67. The molecule has 2 rings (SSSR count). The predicted octanol–water partition coefficient (Wildman–Crippen LogP) is 3.14. The van der Waals surface area contributed by atoms with Crippen molar-refractivity contribution in [2.45, 2.75) is 33.2 Å². The van der Waals surface area contributed by atoms with Crippen LogP contribution < -0.4 is 5.43 Å². The van der Waals surface area contributed by atoms with Crippen LogP contribution in [0.15, 0.2) is 36.4 Å². The highest BCUT2D eigenvalue weighted by atomic mass is 16.2. The molecule has 1 aliphatic heterocycles. The minimum atomic E-state index is 0.0923. The fourth-order valence-corrected chi connectivity index (χ4v) is 2.20. The Bertz CT molecular complexity index is 466. The van der Waals surface area contributed by atoms with Gasteiger partial charge in [0.05, 0.1) is 0 Å². The van der Waals surface area contributed by atoms with E-state index in [0.29, 0.717) is 5.92 Å². The van der Waals surface area contributed by atoms with E-state index in [1.54, 1.807) is 5.01 Å². The number of hydrogen-bond donors (Lipinski definition) is 1. The second-order valence-corrected chi connectivity index (χ2v) is 5.26. The lowest BCUT2D eigenvalue weighted by Crippen LogP contribution is -2.46. The van der Waals surface area contributed by atoms with E-state index in [2.05, 4.69) is 31.4 Å². The zero-order valence-electron chi connectivity index (χ0n) is 11.7. The molecule has 0 saturated carbocycles. The molecule has 0 spiro atoms. The fourth-order valence-electron chi connectivity index (χ4n) is 2.20. The quantitative estimate of drug-likeness (QED) is 0.650. The number of carbonyl (C=O) groups is 1. The van der Waals surface area contributed by atoms with Crippen LogP contribution in [0.1, 0.15) is 42.6 Å². The summed E-state index contributed by atoms with van der Waals surface area (Å²) in [5.74, 6) is 0.691. The Morgan fingerprint density at radius 1 is 1.37 bits per heavy atom. The summed E-state index contributed by atoms with van der Waals surface area (Å²) in [6, 6.07) is 7.80. The van der Waals surface area contributed by atoms with Gasteiger partial charge in [0.1, 0.15) is 0 Å². The SMILES string of the molecule is CC(C)/C=C/CCCN1NCc2ccccc2C1=O. The number of carbonyl (C=O) groups excluding carboxylic acids is 1. The molecule has 1 aliphatic rings. The third-order valence-corrected chi connectivity index (χ3v) is 3.23. The number of benzene rings is 1. The summed E-state index contributed by atoms with van der Waals surface area (Å²) in [4.78, 5) is 12.2. The zero-order valence-corrected chi connectivity index (χ0v) is 11.7. The van der Waals surface area contributed by atoms with Gasteiger partial charge in [-0.15, -0.1) is 0 Å². The second kappa shape index (κ2) is 6.53. The van der Waals surface area contributed by atoms with Crippen LogP contribution in [0.2, 0.25) is 0 Å². The first-order chi connectivity index (χ1) is 9.18. The molecule has 0 aliphatic carbocycles. The summed E-state index contributed by atoms with van der Waals surface area (Å²) < 4.78 is 0. The molecule has 0 bridgehead atoms. The van der Waals surface area contributed by atoms with Crippen LogP contribution in [-0.4, -0.2) is 17.5 Å². The third-order valence-electron chi connectivity index (χ3n) is 3.23. The number of nitrogens with zero attached hydrogens (tertiary/aromatic N) is 1. The first-order valence-corrected chi connectivity index (χ1v) is 6.98. The summed E-state index contributed by atoms with van der Waals surface area (Å²) in [6.45, 7) is 5.84. The second-order valence-electron chi connectivity index (χ2n) is 5.26. The topological polar surface area (TPSA) is 32.3 Å². The molecule has 0 aromatic heterocycles. The van der Waals surface area contributed by atoms with Gasteiger partial charge in [0.2, 0.25) is 0 Å². The molecule has 1 amide bonds. The Kier molecular flexibility index (Phi) is 4.74. The Balaban J connectivity index is 1.85. The van der Waals surface area contributed by atoms with Gasteiger partial charge >= 0.3 is 0 Å². The largest absolute Gasteiger partial charge is 0.274 e. The molecule has 1 N–H and O–H groups in total. The smallest absolute Gasteiger partial charge is 0.268 e. The maximum Gasteiger partial charge on any atom is 0.268 e. The average molecular weight is 258 g/mol. The maximum absolute atomic E-state index is 12.2. The van der Waals surface area contributed by atoms with Crippen molar-refractivity contribution in [2.24, 2.45) is 5.92 Å². The van der Waals surface area contributed by atoms with Crippen molar-refractivity contribution in [1.82, 2.24) is 10.4 Å². The Morgan fingerprint density at radius 2 is 2.16 bits per heavy atom. The number of allylic oxidation sites excluding steroid dienone is 2. The highest BCUT2D eigenvalue weighted by Crippen LogP contribution is 2.16. The molecule has 0 fully saturated rings. The minimum Gasteiger partial charge on any atom is -0.274 e. The van der Waals surface area contributed by atoms with Gasteiger partial charge in [-0.2, -0.15) is 0 Å². The lowest BCUT2D eigenvalue weighted by atomic mass is 10.0. The van der Waals surface area contributed by atoms with Crippen LogP contribution in [0.4, 0.5) is 0 Å². The minimum absolute atomic E-state index is 0.0923. The van der Waals surface area contributed by atoms with Gasteiger partial charge in [0, 0.05) is 18.7 Å². The van der Waals surface area contributed by atoms with Gasteiger partial charge in [0.15, 0.2) is 0 Å². The fraction of sp³-hybridized carbons (Fsp3) is 0.438. The molecule has 3 nitrogen and oxygen atoms in total. The van der Waals surface area contributed by atoms with Gasteiger partial charge in [-0.05, 0) is 30.4 Å². The van der Waals surface area contributed by atoms with Crippen LogP contribution in [0.5, 0.6) is 0 Å². The van der Waals surface area contributed by atoms with Crippen LogP contribution in [0.25, 0.3) is 0 Å². The van der Waals surface area contributed by atoms with Crippen molar-refractivity contribution >= 4 is 5.91 Å². The monoisotopic (exact) mass is 258 g/mol. The van der Waals surface area contributed by atoms with E-state index < -0.39 is 0 Å². The van der Waals surface area contributed by atoms with Crippen LogP contribution in [0, 0.1) is 5.92 Å². The molecule has 0 radical (unpaired) electrons. The summed E-state index contributed by atoms with van der Waals surface area (Å²) >= 11 is 0. The van der Waals surface area contributed by atoms with E-state index in [1.165, 1.54) is 0 Å². The average Bonchev–Trinajstić information content (AvgIpc) is 2.41. The van der Waals surface area contributed by atoms with Crippen LogP contribution in [0.3, 0.4) is 0 Å². The molecule has 0 atom stereocenters. The molecular formula is C16H22N2O. The number of unbranched alkanes of at least 4 members (excludes halogenated alkanes) is 1. The van der Waals surface area contributed by atoms with Crippen molar-refractivity contribution in [3.8, 4) is 0 Å². The molecule has 0 unspecified atom stereocenters. The van der Waals surface area contributed by atoms with E-state index >= 15 is 0 Å². The number of hydrogen-bond acceptors (Lipinski definition) is 2. The lowest BCUT2D eigenvalue weighted by molar-refractivity contribution is 0.0621. The number of amides is 1. The van der Waals surface area contributed by atoms with Crippen LogP contribution >= 0.6 is 0 Å². The molecule has 3 heteroatoms. The first kappa shape index (κ1) is 13.8. The van der Waals surface area contributed by atoms with Crippen molar-refractivity contribution in [2.75, 3.05) is 6.54 Å². The van der Waals surface area contributed by atoms with Crippen molar-refractivity contribution in [1.29, 1.82) is 0 Å². The molecule has 1 heterocycles. The number of fused-ring (bicyclic) bond motifs is 1. The van der Waals surface area contributed by atoms with Gasteiger partial charge in [0.25, 0.3) is 5.91 Å². The summed E-state index contributed by atoms with van der Waals surface area (Å²) in [5.41, 5.74) is 5.10. The van der Waals surface area contributed by atoms with Gasteiger partial charge in [-0.1, -0.05) is 44.2 Å². The molecule has 0 saturated heterocycles. The molecule has 19 heavy (non-hydrogen) atoms. The maximum atomic E-state index is 12.2. The summed E-state index contributed by atoms with van der Waals surface area (Å²) in [7, 11) is 0. The van der Waals surface area contributed by atoms with Crippen molar-refractivity contribution in [3.63, 3.8) is 0 Å². The van der Waals surface area contributed by atoms with Gasteiger partial charge in [-0.3, -0.25) is 9.80 Å². The van der Waals surface area contributed by atoms with E-state index in [-0.39, 0.29) is 5.91 Å². The molecule has 102 valence electrons. The Hall–Kier alpha value is -1.61. The Morgan fingerprint density at radius 3 is 2.95 bits per heavy atom. The zero-order chi connectivity index (χ0) is 13.7. The number of hydrazine groups is 1. The molecule has 1 aromatic rings. The van der Waals surface area contributed by atoms with Crippen molar-refractivity contribution in [3.05, 3.63) is 47.5 Å². The normalized spacial score (nSPS) is 15.3. The molecule has 1 aromatic carbocycles. The molecular weight excluding hydrogens is 236 g/mol. The Labute approximate surface area is 115 Å². The van der Waals surface area contributed by atoms with E-state index in [0.717, 1.165) is 37.1 Å². The van der Waals surface area contributed by atoms with E-state index in [1.807, 2.05) is 24.3 Å². The summed E-state index contributed by atoms with van der Waals surface area (Å²) in [6.07, 6.45) is 6.42. The van der Waals surface area contributed by atoms with Crippen molar-refractivity contribution < 1.29 is 4.79 Å². The number of nitrogens with one attached hydrogen (secondary N) is 1. The first-order valence-electron chi connectivity index (χ1n) is 6.98. The van der Waals surface area contributed by atoms with E-state index in [9.17, 15) is 4.79 Å². The summed E-state index contributed by atoms with van der Waals surface area (Å²) in [5, 5.41) is 1.74.